The van der Waals surface area contributed by atoms with Crippen LogP contribution >= 0.6 is 0 Å². The Morgan fingerprint density at radius 1 is 1.12 bits per heavy atom. The Bertz CT molecular complexity index is 570. The topological polar surface area (TPSA) is 81.4 Å². The average Bonchev–Trinajstić information content (AvgIpc) is 2.56. The van der Waals surface area contributed by atoms with Gasteiger partial charge in [-0.25, -0.2) is 4.79 Å². The number of hydrogen-bond acceptors (Lipinski definition) is 4. The molecule has 0 fully saturated rings. The van der Waals surface area contributed by atoms with Crippen molar-refractivity contribution in [3.8, 4) is 0 Å². The summed E-state index contributed by atoms with van der Waals surface area (Å²) in [5.41, 5.74) is 7.76. The van der Waals surface area contributed by atoms with Gasteiger partial charge in [-0.3, -0.25) is 4.79 Å². The van der Waals surface area contributed by atoms with Crippen LogP contribution in [0, 0.1) is 0 Å². The highest BCUT2D eigenvalue weighted by Gasteiger charge is 2.03. The van der Waals surface area contributed by atoms with Crippen LogP contribution in [0.2, 0.25) is 0 Å². The molecule has 0 saturated heterocycles. The fourth-order valence-electron chi connectivity index (χ4n) is 2.40. The van der Waals surface area contributed by atoms with Crippen LogP contribution < -0.4 is 11.1 Å². The molecule has 1 aromatic rings. The van der Waals surface area contributed by atoms with Gasteiger partial charge >= 0.3 is 5.97 Å². The summed E-state index contributed by atoms with van der Waals surface area (Å²) in [6.45, 7) is 6.36. The van der Waals surface area contributed by atoms with Crippen molar-refractivity contribution >= 4 is 17.6 Å². The molecule has 0 aliphatic carbocycles. The number of rotatable bonds is 12. The third kappa shape index (κ3) is 10.2. The molecule has 5 heteroatoms. The van der Waals surface area contributed by atoms with E-state index < -0.39 is 0 Å². The van der Waals surface area contributed by atoms with Crippen molar-refractivity contribution in [2.24, 2.45) is 0 Å². The van der Waals surface area contributed by atoms with Gasteiger partial charge in [0.25, 0.3) is 0 Å². The lowest BCUT2D eigenvalue weighted by molar-refractivity contribution is -0.139. The molecule has 1 aromatic carbocycles. The molecular weight excluding hydrogens is 316 g/mol. The van der Waals surface area contributed by atoms with Crippen molar-refractivity contribution in [2.75, 3.05) is 18.9 Å². The molecule has 0 saturated carbocycles. The predicted octanol–water partition coefficient (Wildman–Crippen LogP) is 3.39. The van der Waals surface area contributed by atoms with Crippen LogP contribution in [-0.4, -0.2) is 25.0 Å². The number of amides is 1. The molecule has 0 aliphatic heterocycles. The van der Waals surface area contributed by atoms with E-state index >= 15 is 0 Å². The third-order valence-electron chi connectivity index (χ3n) is 3.79. The lowest BCUT2D eigenvalue weighted by atomic mass is 10.1. The highest BCUT2D eigenvalue weighted by atomic mass is 16.5. The minimum absolute atomic E-state index is 0.0323. The Hall–Kier alpha value is -2.30. The van der Waals surface area contributed by atoms with Gasteiger partial charge in [-0.05, 0) is 37.5 Å². The standard InChI is InChI=1S/C20H30N2O3/c1-16(2)20(24)25-13-8-6-4-3-5-7-12-22-19(23)15-17-10-9-11-18(21)14-17/h9-11,14H,1,3-8,12-13,15,21H2,2H3,(H,22,23). The largest absolute Gasteiger partial charge is 0.462 e. The number of hydrogen-bond donors (Lipinski definition) is 2. The molecule has 25 heavy (non-hydrogen) atoms. The molecule has 0 unspecified atom stereocenters. The predicted molar refractivity (Wildman–Crippen MR) is 101 cm³/mol. The Kier molecular flexibility index (Phi) is 10.1. The molecule has 5 nitrogen and oxygen atoms in total. The van der Waals surface area contributed by atoms with E-state index in [1.165, 1.54) is 0 Å². The molecule has 3 N–H and O–H groups in total. The Labute approximate surface area is 150 Å². The van der Waals surface area contributed by atoms with E-state index in [0.29, 0.717) is 30.8 Å². The van der Waals surface area contributed by atoms with E-state index in [4.69, 9.17) is 10.5 Å². The summed E-state index contributed by atoms with van der Waals surface area (Å²) in [6.07, 6.45) is 6.61. The zero-order valence-corrected chi connectivity index (χ0v) is 15.2. The minimum atomic E-state index is -0.311. The number of carbonyl (C=O) groups is 2. The van der Waals surface area contributed by atoms with Gasteiger partial charge < -0.3 is 15.8 Å². The van der Waals surface area contributed by atoms with Gasteiger partial charge in [0.2, 0.25) is 5.91 Å². The zero-order chi connectivity index (χ0) is 18.5. The van der Waals surface area contributed by atoms with Crippen molar-refractivity contribution in [1.29, 1.82) is 0 Å². The second-order valence-electron chi connectivity index (χ2n) is 6.31. The molecule has 0 radical (unpaired) electrons. The number of esters is 1. The van der Waals surface area contributed by atoms with Crippen LogP contribution in [0.15, 0.2) is 36.4 Å². The van der Waals surface area contributed by atoms with Gasteiger partial charge in [0.05, 0.1) is 13.0 Å². The first-order valence-corrected chi connectivity index (χ1v) is 8.93. The lowest BCUT2D eigenvalue weighted by Crippen LogP contribution is -2.26. The molecular formula is C20H30N2O3. The quantitative estimate of drug-likeness (QED) is 0.263. The average molecular weight is 346 g/mol. The van der Waals surface area contributed by atoms with Crippen molar-refractivity contribution in [3.05, 3.63) is 42.0 Å². The highest BCUT2D eigenvalue weighted by molar-refractivity contribution is 5.86. The van der Waals surface area contributed by atoms with Gasteiger partial charge in [0.1, 0.15) is 0 Å². The van der Waals surface area contributed by atoms with E-state index in [9.17, 15) is 9.59 Å². The molecule has 138 valence electrons. The summed E-state index contributed by atoms with van der Waals surface area (Å²) >= 11 is 0. The molecule has 0 spiro atoms. The number of anilines is 1. The summed E-state index contributed by atoms with van der Waals surface area (Å²) in [5.74, 6) is -0.279. The Morgan fingerprint density at radius 2 is 1.80 bits per heavy atom. The first-order chi connectivity index (χ1) is 12.0. The Balaban J connectivity index is 1.94. The second kappa shape index (κ2) is 12.1. The normalized spacial score (nSPS) is 10.3. The van der Waals surface area contributed by atoms with E-state index in [1.807, 2.05) is 24.3 Å². The summed E-state index contributed by atoms with van der Waals surface area (Å²) in [4.78, 5) is 23.0. The summed E-state index contributed by atoms with van der Waals surface area (Å²) in [6, 6.07) is 7.40. The van der Waals surface area contributed by atoms with Crippen molar-refractivity contribution in [1.82, 2.24) is 5.32 Å². The van der Waals surface area contributed by atoms with Gasteiger partial charge in [-0.2, -0.15) is 0 Å². The first kappa shape index (κ1) is 20.7. The summed E-state index contributed by atoms with van der Waals surface area (Å²) in [5, 5.41) is 2.94. The minimum Gasteiger partial charge on any atom is -0.462 e. The van der Waals surface area contributed by atoms with E-state index in [-0.39, 0.29) is 11.9 Å². The fraction of sp³-hybridized carbons (Fsp3) is 0.500. The fourth-order valence-corrected chi connectivity index (χ4v) is 2.40. The summed E-state index contributed by atoms with van der Waals surface area (Å²) in [7, 11) is 0. The number of nitrogens with two attached hydrogens (primary N) is 1. The number of carbonyl (C=O) groups excluding carboxylic acids is 2. The van der Waals surface area contributed by atoms with Crippen LogP contribution in [0.4, 0.5) is 5.69 Å². The number of nitrogen functional groups attached to an aromatic ring is 1. The number of unbranched alkanes of at least 4 members (excludes halogenated alkanes) is 5. The number of ether oxygens (including phenoxy) is 1. The van der Waals surface area contributed by atoms with Gasteiger partial charge in [0, 0.05) is 17.8 Å². The van der Waals surface area contributed by atoms with Gasteiger partial charge in [0.15, 0.2) is 0 Å². The van der Waals surface area contributed by atoms with Crippen molar-refractivity contribution in [2.45, 2.75) is 51.9 Å². The smallest absolute Gasteiger partial charge is 0.333 e. The van der Waals surface area contributed by atoms with Crippen LogP contribution in [0.1, 0.15) is 51.0 Å². The summed E-state index contributed by atoms with van der Waals surface area (Å²) < 4.78 is 5.04. The molecule has 0 atom stereocenters. The molecule has 0 aromatic heterocycles. The number of nitrogens with one attached hydrogen (secondary N) is 1. The lowest BCUT2D eigenvalue weighted by Gasteiger charge is -2.06. The van der Waals surface area contributed by atoms with Gasteiger partial charge in [-0.1, -0.05) is 44.4 Å². The van der Waals surface area contributed by atoms with Gasteiger partial charge in [-0.15, -0.1) is 0 Å². The SMILES string of the molecule is C=C(C)C(=O)OCCCCCCCCNC(=O)Cc1cccc(N)c1. The van der Waals surface area contributed by atoms with Crippen LogP contribution in [0.3, 0.4) is 0 Å². The first-order valence-electron chi connectivity index (χ1n) is 8.93. The molecule has 0 aliphatic rings. The van der Waals surface area contributed by atoms with E-state index in [1.54, 1.807) is 6.92 Å². The van der Waals surface area contributed by atoms with E-state index in [0.717, 1.165) is 44.1 Å². The van der Waals surface area contributed by atoms with Crippen molar-refractivity contribution in [3.63, 3.8) is 0 Å². The van der Waals surface area contributed by atoms with Crippen LogP contribution in [0.25, 0.3) is 0 Å². The highest BCUT2D eigenvalue weighted by Crippen LogP contribution is 2.08. The molecule has 1 amide bonds. The maximum absolute atomic E-state index is 11.8. The Morgan fingerprint density at radius 3 is 2.48 bits per heavy atom. The number of benzene rings is 1. The monoisotopic (exact) mass is 346 g/mol. The molecule has 0 heterocycles. The third-order valence-corrected chi connectivity index (χ3v) is 3.79. The van der Waals surface area contributed by atoms with Crippen LogP contribution in [0.5, 0.6) is 0 Å². The maximum Gasteiger partial charge on any atom is 0.333 e. The zero-order valence-electron chi connectivity index (χ0n) is 15.2. The second-order valence-corrected chi connectivity index (χ2v) is 6.31. The molecule has 0 bridgehead atoms. The maximum atomic E-state index is 11.8. The van der Waals surface area contributed by atoms with E-state index in [2.05, 4.69) is 11.9 Å². The van der Waals surface area contributed by atoms with Crippen LogP contribution in [-0.2, 0) is 20.7 Å². The molecule has 1 rings (SSSR count). The van der Waals surface area contributed by atoms with Crippen molar-refractivity contribution < 1.29 is 14.3 Å².